The second-order valence-electron chi connectivity index (χ2n) is 4.33. The molecule has 9 heteroatoms. The van der Waals surface area contributed by atoms with Gasteiger partial charge in [0.15, 0.2) is 0 Å². The molecule has 0 unspecified atom stereocenters. The molecule has 114 valence electrons. The van der Waals surface area contributed by atoms with Crippen LogP contribution >= 0.6 is 0 Å². The number of sulfonamides is 1. The molecule has 0 aromatic heterocycles. The smallest absolute Gasteiger partial charge is 0.389 e. The van der Waals surface area contributed by atoms with Crippen LogP contribution in [0.5, 0.6) is 0 Å². The van der Waals surface area contributed by atoms with Gasteiger partial charge in [0.2, 0.25) is 10.0 Å². The van der Waals surface area contributed by atoms with Gasteiger partial charge in [-0.15, -0.1) is 0 Å². The Kier molecular flexibility index (Phi) is 5.23. The van der Waals surface area contributed by atoms with E-state index in [1.807, 2.05) is 0 Å². The number of hydrogen-bond donors (Lipinski definition) is 3. The van der Waals surface area contributed by atoms with E-state index in [2.05, 4.69) is 5.32 Å². The lowest BCUT2D eigenvalue weighted by Gasteiger charge is -2.10. The molecular formula is C11H16F3N3O2S. The first-order valence-electron chi connectivity index (χ1n) is 5.82. The zero-order valence-electron chi connectivity index (χ0n) is 10.6. The van der Waals surface area contributed by atoms with Crippen LogP contribution in [0.1, 0.15) is 19.3 Å². The Balaban J connectivity index is 2.55. The van der Waals surface area contributed by atoms with Crippen molar-refractivity contribution < 1.29 is 21.6 Å². The number of unbranched alkanes of at least 4 members (excludes halogenated alkanes) is 1. The van der Waals surface area contributed by atoms with Gasteiger partial charge in [0.1, 0.15) is 0 Å². The lowest BCUT2D eigenvalue weighted by Crippen LogP contribution is -2.13. The van der Waals surface area contributed by atoms with Gasteiger partial charge >= 0.3 is 6.18 Å². The van der Waals surface area contributed by atoms with E-state index in [9.17, 15) is 21.6 Å². The summed E-state index contributed by atoms with van der Waals surface area (Å²) in [7, 11) is -3.87. The van der Waals surface area contributed by atoms with Crippen molar-refractivity contribution in [1.29, 1.82) is 0 Å². The minimum Gasteiger partial charge on any atom is -0.399 e. The number of nitrogens with two attached hydrogens (primary N) is 2. The predicted molar refractivity (Wildman–Crippen MR) is 70.6 cm³/mol. The third kappa shape index (κ3) is 6.11. The maximum absolute atomic E-state index is 11.9. The van der Waals surface area contributed by atoms with Crippen molar-refractivity contribution in [3.05, 3.63) is 18.2 Å². The van der Waals surface area contributed by atoms with Crippen LogP contribution < -0.4 is 16.2 Å². The minimum atomic E-state index is -4.15. The molecule has 20 heavy (non-hydrogen) atoms. The first kappa shape index (κ1) is 16.6. The maximum atomic E-state index is 11.9. The van der Waals surface area contributed by atoms with Gasteiger partial charge < -0.3 is 11.1 Å². The van der Waals surface area contributed by atoms with Gasteiger partial charge in [0.05, 0.1) is 4.90 Å². The molecule has 1 rings (SSSR count). The summed E-state index contributed by atoms with van der Waals surface area (Å²) in [5.41, 5.74) is 6.14. The summed E-state index contributed by atoms with van der Waals surface area (Å²) in [6.45, 7) is 0.281. The van der Waals surface area contributed by atoms with E-state index < -0.39 is 22.6 Å². The highest BCUT2D eigenvalue weighted by Gasteiger charge is 2.25. The normalized spacial score (nSPS) is 12.4. The van der Waals surface area contributed by atoms with Gasteiger partial charge in [-0.25, -0.2) is 13.6 Å². The third-order valence-corrected chi connectivity index (χ3v) is 3.37. The van der Waals surface area contributed by atoms with E-state index in [0.717, 1.165) is 0 Å². The van der Waals surface area contributed by atoms with Crippen LogP contribution in [-0.2, 0) is 10.0 Å². The first-order chi connectivity index (χ1) is 9.08. The topological polar surface area (TPSA) is 98.2 Å². The van der Waals surface area contributed by atoms with Gasteiger partial charge in [-0.1, -0.05) is 0 Å². The van der Waals surface area contributed by atoms with Crippen LogP contribution in [0, 0.1) is 0 Å². The van der Waals surface area contributed by atoms with E-state index in [4.69, 9.17) is 10.9 Å². The lowest BCUT2D eigenvalue weighted by atomic mass is 10.2. The van der Waals surface area contributed by atoms with Crippen molar-refractivity contribution in [3.8, 4) is 0 Å². The van der Waals surface area contributed by atoms with Crippen LogP contribution in [0.25, 0.3) is 0 Å². The van der Waals surface area contributed by atoms with Crippen LogP contribution in [-0.4, -0.2) is 21.1 Å². The summed E-state index contributed by atoms with van der Waals surface area (Å²) in [5.74, 6) is 0. The summed E-state index contributed by atoms with van der Waals surface area (Å²) >= 11 is 0. The average molecular weight is 311 g/mol. The van der Waals surface area contributed by atoms with Crippen molar-refractivity contribution in [2.24, 2.45) is 5.14 Å². The molecule has 0 aliphatic rings. The fourth-order valence-electron chi connectivity index (χ4n) is 1.57. The summed E-state index contributed by atoms with van der Waals surface area (Å²) in [6, 6.07) is 3.98. The molecule has 0 spiro atoms. The molecule has 0 saturated heterocycles. The Bertz CT molecular complexity index is 559. The predicted octanol–water partition coefficient (Wildman–Crippen LogP) is 2.06. The second kappa shape index (κ2) is 6.31. The zero-order chi connectivity index (χ0) is 15.4. The third-order valence-electron chi connectivity index (χ3n) is 2.47. The number of hydrogen-bond acceptors (Lipinski definition) is 4. The highest BCUT2D eigenvalue weighted by molar-refractivity contribution is 7.89. The molecule has 0 atom stereocenters. The fraction of sp³-hybridized carbons (Fsp3) is 0.455. The summed E-state index contributed by atoms with van der Waals surface area (Å²) in [6.07, 6.45) is -4.69. The molecule has 0 bridgehead atoms. The van der Waals surface area contributed by atoms with E-state index in [0.29, 0.717) is 12.1 Å². The molecule has 0 saturated carbocycles. The quantitative estimate of drug-likeness (QED) is 0.553. The molecule has 0 heterocycles. The summed E-state index contributed by atoms with van der Waals surface area (Å²) in [5, 5.41) is 7.80. The molecule has 5 nitrogen and oxygen atoms in total. The number of rotatable bonds is 6. The van der Waals surface area contributed by atoms with Gasteiger partial charge in [-0.05, 0) is 31.0 Å². The molecular weight excluding hydrogens is 295 g/mol. The van der Waals surface area contributed by atoms with Crippen molar-refractivity contribution in [3.63, 3.8) is 0 Å². The molecule has 0 amide bonds. The number of benzene rings is 1. The molecule has 0 fully saturated rings. The van der Waals surface area contributed by atoms with Crippen molar-refractivity contribution in [1.82, 2.24) is 0 Å². The van der Waals surface area contributed by atoms with Gasteiger partial charge in [-0.3, -0.25) is 0 Å². The van der Waals surface area contributed by atoms with E-state index in [1.165, 1.54) is 18.2 Å². The van der Waals surface area contributed by atoms with E-state index in [-0.39, 0.29) is 23.5 Å². The van der Waals surface area contributed by atoms with Crippen LogP contribution in [0.2, 0.25) is 0 Å². The number of nitrogen functional groups attached to an aromatic ring is 1. The number of alkyl halides is 3. The Labute approximate surface area is 115 Å². The number of halogens is 3. The molecule has 0 aliphatic heterocycles. The molecule has 0 aliphatic carbocycles. The number of primary sulfonamides is 1. The Hall–Kier alpha value is -1.48. The van der Waals surface area contributed by atoms with Crippen molar-refractivity contribution in [2.75, 3.05) is 17.6 Å². The largest absolute Gasteiger partial charge is 0.399 e. The Morgan fingerprint density at radius 3 is 2.35 bits per heavy atom. The highest BCUT2D eigenvalue weighted by Crippen LogP contribution is 2.23. The van der Waals surface area contributed by atoms with E-state index in [1.54, 1.807) is 0 Å². The fourth-order valence-corrected chi connectivity index (χ4v) is 2.16. The van der Waals surface area contributed by atoms with E-state index >= 15 is 0 Å². The van der Waals surface area contributed by atoms with Crippen LogP contribution in [0.3, 0.4) is 0 Å². The number of anilines is 2. The van der Waals surface area contributed by atoms with Gasteiger partial charge in [-0.2, -0.15) is 13.2 Å². The number of nitrogens with one attached hydrogen (secondary N) is 1. The standard InChI is InChI=1S/C11H16F3N3O2S/c12-11(13,14)3-1-2-4-17-9-5-8(15)6-10(7-9)20(16,18)19/h5-7,17H,1-4,15H2,(H2,16,18,19). The van der Waals surface area contributed by atoms with Gasteiger partial charge in [0, 0.05) is 24.3 Å². The van der Waals surface area contributed by atoms with Crippen molar-refractivity contribution in [2.45, 2.75) is 30.3 Å². The second-order valence-corrected chi connectivity index (χ2v) is 5.90. The zero-order valence-corrected chi connectivity index (χ0v) is 11.4. The SMILES string of the molecule is Nc1cc(NCCCCC(F)(F)F)cc(S(N)(=O)=O)c1. The maximum Gasteiger partial charge on any atom is 0.389 e. The first-order valence-corrected chi connectivity index (χ1v) is 7.36. The molecule has 5 N–H and O–H groups in total. The summed E-state index contributed by atoms with van der Waals surface area (Å²) < 4.78 is 58.2. The molecule has 1 aromatic rings. The minimum absolute atomic E-state index is 0.000854. The molecule has 0 radical (unpaired) electrons. The lowest BCUT2D eigenvalue weighted by molar-refractivity contribution is -0.135. The highest BCUT2D eigenvalue weighted by atomic mass is 32.2. The van der Waals surface area contributed by atoms with Crippen LogP contribution in [0.4, 0.5) is 24.5 Å². The Morgan fingerprint density at radius 2 is 1.80 bits per heavy atom. The van der Waals surface area contributed by atoms with Gasteiger partial charge in [0.25, 0.3) is 0 Å². The van der Waals surface area contributed by atoms with Crippen LogP contribution in [0.15, 0.2) is 23.1 Å². The summed E-state index contributed by atoms with van der Waals surface area (Å²) in [4.78, 5) is -0.143. The van der Waals surface area contributed by atoms with Crippen molar-refractivity contribution >= 4 is 21.4 Å². The Morgan fingerprint density at radius 1 is 1.15 bits per heavy atom. The molecule has 1 aromatic carbocycles. The monoisotopic (exact) mass is 311 g/mol. The average Bonchev–Trinajstić information content (AvgIpc) is 2.25.